The second-order valence-electron chi connectivity index (χ2n) is 9.15. The van der Waals surface area contributed by atoms with Crippen molar-refractivity contribution < 1.29 is 39.9 Å². The maximum atomic E-state index is 13.7. The van der Waals surface area contributed by atoms with Crippen LogP contribution in [-0.4, -0.2) is 90.4 Å². The summed E-state index contributed by atoms with van der Waals surface area (Å²) in [4.78, 5) is 40.0. The van der Waals surface area contributed by atoms with Crippen LogP contribution in [0, 0.1) is 11.8 Å². The Morgan fingerprint density at radius 1 is 1.14 bits per heavy atom. The summed E-state index contributed by atoms with van der Waals surface area (Å²) in [5.41, 5.74) is -0.548. The number of nitrogens with two attached hydrogens (primary N) is 1. The van der Waals surface area contributed by atoms with Crippen LogP contribution in [0.3, 0.4) is 0 Å². The molecule has 0 unspecified atom stereocenters. The fraction of sp³-hybridized carbons (Fsp3) is 0.409. The van der Waals surface area contributed by atoms with E-state index in [9.17, 15) is 39.9 Å². The molecule has 1 amide bonds. The SMILES string of the molecule is CN(C)[C@@H]1C(=O)C(C(N)=O)=C(O)[C@@]2(O)C(=O)C3=C(O)c4c(O)cccc4[C@@](C)(O)[C@H]3C[C@@H]12.[Cl][Sb]([Cl])[Cl]. The van der Waals surface area contributed by atoms with Crippen molar-refractivity contribution in [2.24, 2.45) is 17.6 Å². The van der Waals surface area contributed by atoms with Gasteiger partial charge in [0.25, 0.3) is 5.91 Å². The van der Waals surface area contributed by atoms with Gasteiger partial charge in [0.2, 0.25) is 5.78 Å². The third-order valence-electron chi connectivity index (χ3n) is 7.02. The van der Waals surface area contributed by atoms with Gasteiger partial charge in [0.15, 0.2) is 11.4 Å². The van der Waals surface area contributed by atoms with Crippen LogP contribution in [0.4, 0.5) is 0 Å². The summed E-state index contributed by atoms with van der Waals surface area (Å²) in [5, 5.41) is 54.9. The van der Waals surface area contributed by atoms with Crippen LogP contribution in [0.15, 0.2) is 35.1 Å². The molecular weight excluding hydrogens is 648 g/mol. The Bertz CT molecular complexity index is 1210. The van der Waals surface area contributed by atoms with Crippen LogP contribution in [0.5, 0.6) is 5.75 Å². The molecule has 0 heterocycles. The van der Waals surface area contributed by atoms with Gasteiger partial charge in [0, 0.05) is 17.4 Å². The fourth-order valence-electron chi connectivity index (χ4n) is 5.50. The van der Waals surface area contributed by atoms with Crippen molar-refractivity contribution in [3.8, 4) is 5.75 Å². The Morgan fingerprint density at radius 2 is 1.69 bits per heavy atom. The number of carbonyl (C=O) groups excluding carboxylic acids is 3. The van der Waals surface area contributed by atoms with Crippen molar-refractivity contribution in [2.75, 3.05) is 14.1 Å². The minimum atomic E-state index is -2.75. The summed E-state index contributed by atoms with van der Waals surface area (Å²) < 4.78 is 0. The number of Topliss-reactive ketones (excluding diaryl/α,β-unsaturated/α-hetero) is 2. The number of aliphatic hydroxyl groups excluding tert-OH is 2. The number of fused-ring (bicyclic) bond motifs is 3. The molecular formula is C22H24Cl3N2O8Sb. The van der Waals surface area contributed by atoms with Gasteiger partial charge in [-0.05, 0) is 39.1 Å². The number of phenolic OH excluding ortho intramolecular Hbond substituents is 1. The van der Waals surface area contributed by atoms with E-state index in [-0.39, 0.29) is 17.5 Å². The number of phenols is 1. The van der Waals surface area contributed by atoms with E-state index in [1.54, 1.807) is 0 Å². The molecule has 0 saturated heterocycles. The number of aliphatic hydroxyl groups is 4. The normalized spacial score (nSPS) is 31.6. The molecule has 1 aromatic rings. The van der Waals surface area contributed by atoms with Crippen LogP contribution in [0.25, 0.3) is 5.76 Å². The number of halogens is 3. The molecule has 4 rings (SSSR count). The van der Waals surface area contributed by atoms with Gasteiger partial charge >= 0.3 is 43.3 Å². The molecule has 1 aromatic carbocycles. The molecule has 196 valence electrons. The number of aromatic hydroxyl groups is 1. The molecule has 0 bridgehead atoms. The number of amides is 1. The monoisotopic (exact) mass is 670 g/mol. The number of benzene rings is 1. The van der Waals surface area contributed by atoms with Crippen LogP contribution in [0.1, 0.15) is 24.5 Å². The Balaban J connectivity index is 0.000000840. The number of hydrogen-bond acceptors (Lipinski definition) is 9. The van der Waals surface area contributed by atoms with Gasteiger partial charge in [-0.2, -0.15) is 0 Å². The molecule has 0 spiro atoms. The van der Waals surface area contributed by atoms with Crippen molar-refractivity contribution >= 4 is 66.5 Å². The van der Waals surface area contributed by atoms with Crippen LogP contribution in [-0.2, 0) is 20.0 Å². The zero-order valence-corrected chi connectivity index (χ0v) is 24.1. The molecule has 7 N–H and O–H groups in total. The third kappa shape index (κ3) is 4.30. The van der Waals surface area contributed by atoms with Crippen molar-refractivity contribution in [2.45, 2.75) is 30.6 Å². The van der Waals surface area contributed by atoms with Crippen molar-refractivity contribution in [1.29, 1.82) is 0 Å². The average Bonchev–Trinajstić information content (AvgIpc) is 2.73. The molecule has 3 aliphatic rings. The third-order valence-corrected chi connectivity index (χ3v) is 7.02. The number of nitrogens with zero attached hydrogens (tertiary/aromatic N) is 1. The van der Waals surface area contributed by atoms with E-state index in [4.69, 9.17) is 32.2 Å². The summed E-state index contributed by atoms with van der Waals surface area (Å²) in [6.45, 7) is 1.40. The summed E-state index contributed by atoms with van der Waals surface area (Å²) >= 11 is -2.03. The predicted octanol–water partition coefficient (Wildman–Crippen LogP) is 1.32. The van der Waals surface area contributed by atoms with E-state index in [1.165, 1.54) is 44.1 Å². The number of primary amides is 1. The summed E-state index contributed by atoms with van der Waals surface area (Å²) in [5.74, 6) is -7.90. The Kier molecular flexibility index (Phi) is 8.05. The van der Waals surface area contributed by atoms with Crippen molar-refractivity contribution in [1.82, 2.24) is 4.90 Å². The van der Waals surface area contributed by atoms with Crippen LogP contribution < -0.4 is 5.73 Å². The van der Waals surface area contributed by atoms with Crippen molar-refractivity contribution in [3.05, 3.63) is 46.2 Å². The zero-order chi connectivity index (χ0) is 27.5. The van der Waals surface area contributed by atoms with Gasteiger partial charge in [-0.25, -0.2) is 0 Å². The van der Waals surface area contributed by atoms with Gasteiger partial charge in [-0.15, -0.1) is 0 Å². The zero-order valence-electron chi connectivity index (χ0n) is 19.2. The Morgan fingerprint density at radius 3 is 2.19 bits per heavy atom. The van der Waals surface area contributed by atoms with E-state index in [0.717, 1.165) is 0 Å². The van der Waals surface area contributed by atoms with Gasteiger partial charge in [0.05, 0.1) is 17.2 Å². The van der Waals surface area contributed by atoms with Crippen LogP contribution >= 0.6 is 26.5 Å². The molecule has 0 aromatic heterocycles. The maximum absolute atomic E-state index is 13.7. The quantitative estimate of drug-likeness (QED) is 0.200. The second-order valence-corrected chi connectivity index (χ2v) is 20.5. The number of hydrogen-bond donors (Lipinski definition) is 6. The van der Waals surface area contributed by atoms with E-state index in [2.05, 4.69) is 0 Å². The van der Waals surface area contributed by atoms with Gasteiger partial charge in [0.1, 0.15) is 22.8 Å². The first-order valence-corrected chi connectivity index (χ1v) is 20.2. The summed E-state index contributed by atoms with van der Waals surface area (Å²) in [6.07, 6.45) is -0.200. The summed E-state index contributed by atoms with van der Waals surface area (Å²) in [6, 6.07) is 3.02. The van der Waals surface area contributed by atoms with E-state index in [0.29, 0.717) is 0 Å². The van der Waals surface area contributed by atoms with E-state index >= 15 is 0 Å². The molecule has 3 aliphatic carbocycles. The first-order valence-electron chi connectivity index (χ1n) is 10.5. The number of carbonyl (C=O) groups is 3. The van der Waals surface area contributed by atoms with E-state index in [1.807, 2.05) is 0 Å². The standard InChI is InChI=1S/C22H24N2O8.3ClH.Sb/c1-21(31)8-5-4-6-11(25)12(8)16(26)13-9(21)7-10-15(24(2)3)17(27)14(20(23)30)19(29)22(10,32)18(13)28;;;;/h4-6,9-10,15,25-26,29,31-32H,7H2,1-3H3,(H2,23,30);3*1H;/q;;;;+3/p-3/t9-,10-,15-,21+,22-;;;;/m0..../s1. The fourth-order valence-corrected chi connectivity index (χ4v) is 5.50. The number of rotatable bonds is 2. The van der Waals surface area contributed by atoms with Gasteiger partial charge in [-0.3, -0.25) is 19.3 Å². The molecule has 0 radical (unpaired) electrons. The average molecular weight is 673 g/mol. The molecule has 1 saturated carbocycles. The van der Waals surface area contributed by atoms with Gasteiger partial charge in [-0.1, -0.05) is 12.1 Å². The predicted molar refractivity (Wildman–Crippen MR) is 133 cm³/mol. The molecule has 10 nitrogen and oxygen atoms in total. The van der Waals surface area contributed by atoms with Crippen LogP contribution in [0.2, 0.25) is 0 Å². The Labute approximate surface area is 224 Å². The van der Waals surface area contributed by atoms with Crippen molar-refractivity contribution in [3.63, 3.8) is 0 Å². The Hall–Kier alpha value is -1.52. The first kappa shape index (κ1) is 29.0. The minimum absolute atomic E-state index is 0.170. The van der Waals surface area contributed by atoms with E-state index < -0.39 is 91.8 Å². The topological polar surface area (TPSA) is 182 Å². The first-order chi connectivity index (χ1) is 16.5. The number of likely N-dealkylation sites (N-methyl/N-ethyl adjacent to an activating group) is 1. The molecule has 36 heavy (non-hydrogen) atoms. The molecule has 1 fully saturated rings. The second kappa shape index (κ2) is 9.98. The van der Waals surface area contributed by atoms with Gasteiger partial charge < -0.3 is 31.3 Å². The summed E-state index contributed by atoms with van der Waals surface area (Å²) in [7, 11) is 18.0. The number of ketones is 2. The molecule has 0 aliphatic heterocycles. The molecule has 14 heteroatoms. The molecule has 5 atom stereocenters.